The number of nitrogens with one attached hydrogen (secondary N) is 1. The standard InChI is InChI=1S/C9H13N.C9H15N.2C9H13N.C8H14N2.C7H12N2.CH4/c1-8(2)7-9-3-5-10-6-4-9;1-9(2)5-8-10-6-3-4-7-10;1-8(2)6-9-4-3-5-10-7-9;1-8(2)7-9-5-3-4-6-10-9;1-7(2)4-8-5-10(3)6-9-8;1-6(2)3-7-4-8-5-9-7;/h3-6,8H,7H2,1-2H3;3-4,6-7,9H,5,8H2,1-2H3;3-5,7-8H,6H2,1-2H3;3-6,8H,7H2,1-2H3;5-7H,4H2,1-3H3;4-6H,3H2,1-2H3,(H,8,9);1H4. The molecule has 1 N–H and O–H groups in total. The Bertz CT molecular complexity index is 1630. The van der Waals surface area contributed by atoms with Gasteiger partial charge in [-0.2, -0.15) is 0 Å². The fraction of sp³-hybridized carbons (Fsp3) is 0.519. The number of hydrogen-bond acceptors (Lipinski definition) is 5. The zero-order valence-corrected chi connectivity index (χ0v) is 39.1. The van der Waals surface area contributed by atoms with Gasteiger partial charge in [0, 0.05) is 80.8 Å². The summed E-state index contributed by atoms with van der Waals surface area (Å²) in [4.78, 5) is 23.4. The van der Waals surface area contributed by atoms with Crippen molar-refractivity contribution in [3.05, 3.63) is 151 Å². The average molecular weight is 821 g/mol. The van der Waals surface area contributed by atoms with Crippen LogP contribution in [0.5, 0.6) is 0 Å². The molecule has 0 fully saturated rings. The SMILES string of the molecule is C.CC(C)CCn1cccc1.CC(C)Cc1ccccn1.CC(C)Cc1cccnc1.CC(C)Cc1ccncc1.CC(C)Cc1cn(C)cn1.CC(C)Cc1cnc[nH]1. The number of nitrogens with zero attached hydrogens (tertiary/aromatic N) is 7. The number of hydrogen-bond donors (Lipinski definition) is 1. The van der Waals surface area contributed by atoms with Gasteiger partial charge in [-0.05, 0) is 128 Å². The van der Waals surface area contributed by atoms with Gasteiger partial charge in [-0.1, -0.05) is 103 Å². The lowest BCUT2D eigenvalue weighted by Crippen LogP contribution is -1.97. The molecule has 0 saturated carbocycles. The number of aromatic nitrogens is 8. The molecular formula is C52H84N8. The fourth-order valence-corrected chi connectivity index (χ4v) is 5.67. The second-order valence-electron chi connectivity index (χ2n) is 17.7. The fourth-order valence-electron chi connectivity index (χ4n) is 5.67. The molecule has 6 aromatic rings. The van der Waals surface area contributed by atoms with Crippen molar-refractivity contribution >= 4 is 0 Å². The van der Waals surface area contributed by atoms with Crippen molar-refractivity contribution in [1.29, 1.82) is 0 Å². The van der Waals surface area contributed by atoms with Gasteiger partial charge in [-0.3, -0.25) is 15.0 Å². The molecule has 8 heteroatoms. The van der Waals surface area contributed by atoms with E-state index < -0.39 is 0 Å². The molecule has 0 radical (unpaired) electrons. The van der Waals surface area contributed by atoms with Crippen molar-refractivity contribution in [3.8, 4) is 0 Å². The summed E-state index contributed by atoms with van der Waals surface area (Å²) in [6, 6.07) is 18.4. The predicted octanol–water partition coefficient (Wildman–Crippen LogP) is 13.2. The summed E-state index contributed by atoms with van der Waals surface area (Å²) < 4.78 is 4.21. The third-order valence-electron chi connectivity index (χ3n) is 8.29. The first-order valence-electron chi connectivity index (χ1n) is 21.8. The highest BCUT2D eigenvalue weighted by atomic mass is 15.0. The van der Waals surface area contributed by atoms with Gasteiger partial charge in [-0.25, -0.2) is 9.97 Å². The van der Waals surface area contributed by atoms with Crippen LogP contribution in [0.2, 0.25) is 0 Å². The monoisotopic (exact) mass is 821 g/mol. The Morgan fingerprint density at radius 2 is 1.12 bits per heavy atom. The molecule has 0 saturated heterocycles. The van der Waals surface area contributed by atoms with E-state index in [1.54, 1.807) is 6.33 Å². The van der Waals surface area contributed by atoms with Gasteiger partial charge >= 0.3 is 0 Å². The summed E-state index contributed by atoms with van der Waals surface area (Å²) in [5, 5.41) is 0. The molecule has 0 aliphatic heterocycles. The minimum absolute atomic E-state index is 0. The Labute approximate surface area is 367 Å². The summed E-state index contributed by atoms with van der Waals surface area (Å²) in [5.74, 6) is 4.39. The Morgan fingerprint density at radius 1 is 0.517 bits per heavy atom. The number of H-pyrrole nitrogens is 1. The zero-order valence-electron chi connectivity index (χ0n) is 39.1. The minimum atomic E-state index is 0. The van der Waals surface area contributed by atoms with Gasteiger partial charge < -0.3 is 14.1 Å². The van der Waals surface area contributed by atoms with Crippen molar-refractivity contribution in [3.63, 3.8) is 0 Å². The van der Waals surface area contributed by atoms with Gasteiger partial charge in [0.15, 0.2) is 0 Å². The highest BCUT2D eigenvalue weighted by Crippen LogP contribution is 2.07. The first-order valence-corrected chi connectivity index (χ1v) is 21.8. The third-order valence-corrected chi connectivity index (χ3v) is 8.29. The Morgan fingerprint density at radius 3 is 1.58 bits per heavy atom. The molecule has 0 aliphatic rings. The number of aryl methyl sites for hydroxylation is 2. The second kappa shape index (κ2) is 33.9. The number of imidazole rings is 2. The van der Waals surface area contributed by atoms with Gasteiger partial charge in [0.1, 0.15) is 0 Å². The van der Waals surface area contributed by atoms with Gasteiger partial charge in [-0.15, -0.1) is 0 Å². The van der Waals surface area contributed by atoms with Crippen LogP contribution in [0.15, 0.2) is 123 Å². The lowest BCUT2D eigenvalue weighted by Gasteiger charge is -2.04. The van der Waals surface area contributed by atoms with Crippen LogP contribution in [0.4, 0.5) is 0 Å². The maximum absolute atomic E-state index is 4.22. The van der Waals surface area contributed by atoms with E-state index in [2.05, 4.69) is 173 Å². The molecule has 0 unspecified atom stereocenters. The highest BCUT2D eigenvalue weighted by Gasteiger charge is 2.00. The van der Waals surface area contributed by atoms with E-state index in [1.807, 2.05) is 73.3 Å². The summed E-state index contributed by atoms with van der Waals surface area (Å²) >= 11 is 0. The Kier molecular flexibility index (Phi) is 31.2. The molecule has 6 aromatic heterocycles. The van der Waals surface area contributed by atoms with E-state index in [4.69, 9.17) is 0 Å². The minimum Gasteiger partial charge on any atom is -0.354 e. The molecule has 332 valence electrons. The molecule has 0 bridgehead atoms. The van der Waals surface area contributed by atoms with E-state index in [1.165, 1.54) is 34.6 Å². The van der Waals surface area contributed by atoms with Crippen LogP contribution in [-0.2, 0) is 45.7 Å². The molecule has 6 heterocycles. The van der Waals surface area contributed by atoms with E-state index in [0.717, 1.165) is 56.4 Å². The van der Waals surface area contributed by atoms with Crippen molar-refractivity contribution < 1.29 is 0 Å². The van der Waals surface area contributed by atoms with Crippen LogP contribution in [0.25, 0.3) is 0 Å². The molecule has 0 spiro atoms. The van der Waals surface area contributed by atoms with Crippen LogP contribution in [0, 0.1) is 35.5 Å². The molecular weight excluding hydrogens is 737 g/mol. The van der Waals surface area contributed by atoms with Gasteiger partial charge in [0.05, 0.1) is 18.3 Å². The van der Waals surface area contributed by atoms with Crippen LogP contribution < -0.4 is 0 Å². The van der Waals surface area contributed by atoms with Crippen molar-refractivity contribution in [1.82, 2.24) is 39.0 Å². The van der Waals surface area contributed by atoms with Crippen LogP contribution in [0.3, 0.4) is 0 Å². The summed E-state index contributed by atoms with van der Waals surface area (Å²) in [5.41, 5.74) is 6.32. The van der Waals surface area contributed by atoms with Crippen molar-refractivity contribution in [2.24, 2.45) is 42.6 Å². The quantitative estimate of drug-likeness (QED) is 0.125. The Balaban J connectivity index is 0.000000694. The normalized spacial score (nSPS) is 10.3. The predicted molar refractivity (Wildman–Crippen MR) is 258 cm³/mol. The first-order chi connectivity index (χ1) is 28.1. The van der Waals surface area contributed by atoms with E-state index in [9.17, 15) is 0 Å². The molecule has 8 nitrogen and oxygen atoms in total. The largest absolute Gasteiger partial charge is 0.354 e. The summed E-state index contributed by atoms with van der Waals surface area (Å²) in [6.45, 7) is 27.7. The maximum Gasteiger partial charge on any atom is 0.0946 e. The number of aromatic amines is 1. The summed E-state index contributed by atoms with van der Waals surface area (Å²) in [6.07, 6.45) is 27.8. The van der Waals surface area contributed by atoms with Crippen LogP contribution in [-0.4, -0.2) is 39.0 Å². The zero-order chi connectivity index (χ0) is 43.8. The second-order valence-corrected chi connectivity index (χ2v) is 17.7. The van der Waals surface area contributed by atoms with E-state index >= 15 is 0 Å². The highest BCUT2D eigenvalue weighted by molar-refractivity contribution is 5.10. The van der Waals surface area contributed by atoms with Crippen LogP contribution >= 0.6 is 0 Å². The molecule has 60 heavy (non-hydrogen) atoms. The molecule has 0 aliphatic carbocycles. The molecule has 0 aromatic carbocycles. The number of pyridine rings is 3. The van der Waals surface area contributed by atoms with Gasteiger partial charge in [0.25, 0.3) is 0 Å². The smallest absolute Gasteiger partial charge is 0.0946 e. The van der Waals surface area contributed by atoms with Crippen molar-refractivity contribution in [2.45, 2.75) is 136 Å². The molecule has 0 amide bonds. The lowest BCUT2D eigenvalue weighted by atomic mass is 10.0. The topological polar surface area (TPSA) is 90.1 Å². The van der Waals surface area contributed by atoms with Crippen molar-refractivity contribution in [2.75, 3.05) is 0 Å². The number of rotatable bonds is 13. The summed E-state index contributed by atoms with van der Waals surface area (Å²) in [7, 11) is 2.00. The average Bonchev–Trinajstić information content (AvgIpc) is 3.97. The third kappa shape index (κ3) is 32.1. The lowest BCUT2D eigenvalue weighted by molar-refractivity contribution is 0.517. The molecule has 0 atom stereocenters. The molecule has 6 rings (SSSR count). The maximum atomic E-state index is 4.22. The van der Waals surface area contributed by atoms with Crippen LogP contribution in [0.1, 0.15) is 125 Å². The van der Waals surface area contributed by atoms with Gasteiger partial charge in [0.2, 0.25) is 0 Å². The van der Waals surface area contributed by atoms with E-state index in [-0.39, 0.29) is 7.43 Å². The first kappa shape index (κ1) is 55.2. The Hall–Kier alpha value is -4.85. The van der Waals surface area contributed by atoms with E-state index in [0.29, 0.717) is 17.8 Å².